The Bertz CT molecular complexity index is 725. The monoisotopic (exact) mass is 274 g/mol. The largest absolute Gasteiger partial charge is 0.508 e. The van der Waals surface area contributed by atoms with Crippen molar-refractivity contribution in [1.82, 2.24) is 0 Å². The van der Waals surface area contributed by atoms with Gasteiger partial charge in [0.2, 0.25) is 0 Å². The number of phenolic OH excluding ortho intramolecular Hbond substituents is 1. The van der Waals surface area contributed by atoms with E-state index in [1.165, 1.54) is 12.1 Å². The number of fused-ring (bicyclic) bond motifs is 1. The third-order valence-electron chi connectivity index (χ3n) is 2.20. The summed E-state index contributed by atoms with van der Waals surface area (Å²) in [6, 6.07) is 4.17. The summed E-state index contributed by atoms with van der Waals surface area (Å²) in [5.74, 6) is -3.13. The summed E-state index contributed by atoms with van der Waals surface area (Å²) < 4.78 is 53.4. The standard InChI is InChI=1S/C11H8F2O4S/c1-18(15,16)17-9-5-7(14)4-6-2-3-8(12)11(13)10(6)9/h2-5,14H,1H3. The maximum Gasteiger partial charge on any atom is 0.306 e. The van der Waals surface area contributed by atoms with E-state index in [1.807, 2.05) is 0 Å². The Morgan fingerprint density at radius 2 is 1.89 bits per heavy atom. The molecule has 0 fully saturated rings. The zero-order valence-corrected chi connectivity index (χ0v) is 9.96. The number of phenols is 1. The van der Waals surface area contributed by atoms with Crippen LogP contribution in [0.3, 0.4) is 0 Å². The molecule has 18 heavy (non-hydrogen) atoms. The number of hydrogen-bond donors (Lipinski definition) is 1. The molecule has 1 N–H and O–H groups in total. The molecule has 0 atom stereocenters. The van der Waals surface area contributed by atoms with Crippen LogP contribution >= 0.6 is 0 Å². The first kappa shape index (κ1) is 12.6. The molecule has 0 heterocycles. The van der Waals surface area contributed by atoms with E-state index in [2.05, 4.69) is 4.18 Å². The minimum atomic E-state index is -3.92. The van der Waals surface area contributed by atoms with Gasteiger partial charge in [0.1, 0.15) is 5.75 Å². The summed E-state index contributed by atoms with van der Waals surface area (Å²) in [6.07, 6.45) is 0.764. The van der Waals surface area contributed by atoms with Crippen molar-refractivity contribution in [3.63, 3.8) is 0 Å². The van der Waals surface area contributed by atoms with Gasteiger partial charge in [-0.15, -0.1) is 0 Å². The van der Waals surface area contributed by atoms with E-state index < -0.39 is 27.5 Å². The Balaban J connectivity index is 2.82. The Hall–Kier alpha value is -1.89. The zero-order chi connectivity index (χ0) is 13.5. The Kier molecular flexibility index (Phi) is 2.86. The molecule has 0 saturated heterocycles. The van der Waals surface area contributed by atoms with Gasteiger partial charge in [-0.25, -0.2) is 8.78 Å². The van der Waals surface area contributed by atoms with Crippen LogP contribution in [0.1, 0.15) is 0 Å². The lowest BCUT2D eigenvalue weighted by molar-refractivity contribution is 0.465. The van der Waals surface area contributed by atoms with Gasteiger partial charge in [0.05, 0.1) is 11.6 Å². The van der Waals surface area contributed by atoms with Gasteiger partial charge in [-0.2, -0.15) is 8.42 Å². The highest BCUT2D eigenvalue weighted by molar-refractivity contribution is 7.86. The van der Waals surface area contributed by atoms with Crippen molar-refractivity contribution in [2.75, 3.05) is 6.26 Å². The predicted molar refractivity (Wildman–Crippen MR) is 61.0 cm³/mol. The lowest BCUT2D eigenvalue weighted by atomic mass is 10.1. The van der Waals surface area contributed by atoms with E-state index in [0.717, 1.165) is 18.4 Å². The molecule has 0 bridgehead atoms. The molecule has 0 amide bonds. The predicted octanol–water partition coefficient (Wildman–Crippen LogP) is 2.16. The summed E-state index contributed by atoms with van der Waals surface area (Å²) >= 11 is 0. The van der Waals surface area contributed by atoms with E-state index >= 15 is 0 Å². The number of hydrogen-bond acceptors (Lipinski definition) is 4. The van der Waals surface area contributed by atoms with Crippen LogP contribution in [0, 0.1) is 11.6 Å². The molecule has 2 aromatic carbocycles. The Morgan fingerprint density at radius 1 is 1.22 bits per heavy atom. The Morgan fingerprint density at radius 3 is 2.50 bits per heavy atom. The maximum absolute atomic E-state index is 13.6. The third kappa shape index (κ3) is 2.35. The molecule has 0 aliphatic carbocycles. The molecule has 7 heteroatoms. The van der Waals surface area contributed by atoms with Crippen molar-refractivity contribution in [3.05, 3.63) is 35.9 Å². The molecule has 0 saturated carbocycles. The molecular weight excluding hydrogens is 266 g/mol. The smallest absolute Gasteiger partial charge is 0.306 e. The van der Waals surface area contributed by atoms with Crippen molar-refractivity contribution < 1.29 is 26.5 Å². The van der Waals surface area contributed by atoms with Crippen molar-refractivity contribution >= 4 is 20.9 Å². The number of halogens is 2. The fraction of sp³-hybridized carbons (Fsp3) is 0.0909. The Labute approximate surface area is 102 Å². The van der Waals surface area contributed by atoms with Crippen molar-refractivity contribution in [3.8, 4) is 11.5 Å². The summed E-state index contributed by atoms with van der Waals surface area (Å²) in [5.41, 5.74) is 0. The normalized spacial score (nSPS) is 11.7. The van der Waals surface area contributed by atoms with Crippen LogP contribution in [0.2, 0.25) is 0 Å². The quantitative estimate of drug-likeness (QED) is 0.852. The SMILES string of the molecule is CS(=O)(=O)Oc1cc(O)cc2ccc(F)c(F)c12. The molecule has 0 aliphatic rings. The minimum Gasteiger partial charge on any atom is -0.508 e. The molecule has 0 aliphatic heterocycles. The van der Waals surface area contributed by atoms with E-state index in [-0.39, 0.29) is 16.5 Å². The van der Waals surface area contributed by atoms with Crippen LogP contribution in [0.5, 0.6) is 11.5 Å². The molecule has 0 unspecified atom stereocenters. The first-order valence-electron chi connectivity index (χ1n) is 4.78. The molecule has 96 valence electrons. The van der Waals surface area contributed by atoms with Gasteiger partial charge < -0.3 is 9.29 Å². The van der Waals surface area contributed by atoms with Crippen molar-refractivity contribution in [2.24, 2.45) is 0 Å². The lowest BCUT2D eigenvalue weighted by Crippen LogP contribution is -2.06. The summed E-state index contributed by atoms with van der Waals surface area (Å²) in [4.78, 5) is 0. The van der Waals surface area contributed by atoms with Crippen molar-refractivity contribution in [1.29, 1.82) is 0 Å². The van der Waals surface area contributed by atoms with E-state index in [9.17, 15) is 22.3 Å². The minimum absolute atomic E-state index is 0.132. The third-order valence-corrected chi connectivity index (χ3v) is 2.68. The van der Waals surface area contributed by atoms with Crippen LogP contribution in [0.25, 0.3) is 10.8 Å². The summed E-state index contributed by atoms with van der Waals surface area (Å²) in [5, 5.41) is 9.17. The van der Waals surface area contributed by atoms with Gasteiger partial charge >= 0.3 is 10.1 Å². The molecule has 0 radical (unpaired) electrons. The van der Waals surface area contributed by atoms with Crippen molar-refractivity contribution in [2.45, 2.75) is 0 Å². The molecule has 2 aromatic rings. The number of benzene rings is 2. The van der Waals surface area contributed by atoms with E-state index in [4.69, 9.17) is 0 Å². The fourth-order valence-electron chi connectivity index (χ4n) is 1.57. The van der Waals surface area contributed by atoms with Gasteiger partial charge in [0.15, 0.2) is 17.4 Å². The number of rotatable bonds is 2. The van der Waals surface area contributed by atoms with Crippen LogP contribution in [-0.4, -0.2) is 19.8 Å². The molecule has 0 spiro atoms. The average molecular weight is 274 g/mol. The summed E-state index contributed by atoms with van der Waals surface area (Å²) in [6.45, 7) is 0. The highest BCUT2D eigenvalue weighted by Crippen LogP contribution is 2.34. The second kappa shape index (κ2) is 4.09. The van der Waals surface area contributed by atoms with Gasteiger partial charge in [0, 0.05) is 6.07 Å². The first-order valence-corrected chi connectivity index (χ1v) is 6.60. The molecule has 4 nitrogen and oxygen atoms in total. The van der Waals surface area contributed by atoms with Crippen LogP contribution < -0.4 is 4.18 Å². The fourth-order valence-corrected chi connectivity index (χ4v) is 2.03. The second-order valence-corrected chi connectivity index (χ2v) is 5.27. The maximum atomic E-state index is 13.6. The molecular formula is C11H8F2O4S. The molecule has 2 rings (SSSR count). The first-order chi connectivity index (χ1) is 8.28. The van der Waals surface area contributed by atoms with Gasteiger partial charge in [-0.3, -0.25) is 0 Å². The second-order valence-electron chi connectivity index (χ2n) is 3.69. The van der Waals surface area contributed by atoms with Crippen LogP contribution in [0.15, 0.2) is 24.3 Å². The highest BCUT2D eigenvalue weighted by atomic mass is 32.2. The zero-order valence-electron chi connectivity index (χ0n) is 9.15. The topological polar surface area (TPSA) is 63.6 Å². The highest BCUT2D eigenvalue weighted by Gasteiger charge is 2.16. The van der Waals surface area contributed by atoms with Gasteiger partial charge in [0.25, 0.3) is 0 Å². The van der Waals surface area contributed by atoms with Gasteiger partial charge in [-0.05, 0) is 17.5 Å². The lowest BCUT2D eigenvalue weighted by Gasteiger charge is -2.09. The van der Waals surface area contributed by atoms with Crippen LogP contribution in [0.4, 0.5) is 8.78 Å². The number of aromatic hydroxyl groups is 1. The summed E-state index contributed by atoms with van der Waals surface area (Å²) in [7, 11) is -3.92. The van der Waals surface area contributed by atoms with E-state index in [0.29, 0.717) is 0 Å². The van der Waals surface area contributed by atoms with E-state index in [1.54, 1.807) is 0 Å². The molecule has 0 aromatic heterocycles. The average Bonchev–Trinajstić information content (AvgIpc) is 2.20. The van der Waals surface area contributed by atoms with Gasteiger partial charge in [-0.1, -0.05) is 6.07 Å². The van der Waals surface area contributed by atoms with Crippen LogP contribution in [-0.2, 0) is 10.1 Å².